The molecule has 2 aromatic rings. The summed E-state index contributed by atoms with van der Waals surface area (Å²) in [5.41, 5.74) is 1.10. The minimum Gasteiger partial charge on any atom is -0.502 e. The molecule has 0 aliphatic rings. The Kier molecular flexibility index (Phi) is 6.03. The zero-order chi connectivity index (χ0) is 20.1. The maximum absolute atomic E-state index is 12.2. The number of ether oxygens (including phenoxy) is 1. The summed E-state index contributed by atoms with van der Waals surface area (Å²) in [5.74, 6) is -1.35. The van der Waals surface area contributed by atoms with E-state index in [-0.39, 0.29) is 22.6 Å². The Balaban J connectivity index is 2.27. The van der Waals surface area contributed by atoms with Crippen molar-refractivity contribution in [3.63, 3.8) is 0 Å². The second-order valence-corrected chi connectivity index (χ2v) is 5.88. The van der Waals surface area contributed by atoms with Crippen LogP contribution < -0.4 is 10.2 Å². The number of non-ortho nitro benzene ring substituents is 1. The molecule has 2 aromatic carbocycles. The Labute approximate surface area is 159 Å². The van der Waals surface area contributed by atoms with Crippen molar-refractivity contribution in [2.75, 3.05) is 7.11 Å². The number of nitro groups is 2. The standard InChI is InChI=1S/C15H11BrN4O7/c1-27-13-3-2-10(19(23)24)6-11(13)15(22)18-17-7-8-4-9(16)5-12(14(8)21)20(25)26/h2-7,21H,1H3,(H,18,22)/b17-7-. The van der Waals surface area contributed by atoms with Gasteiger partial charge in [-0.1, -0.05) is 15.9 Å². The monoisotopic (exact) mass is 438 g/mol. The molecule has 2 N–H and O–H groups in total. The van der Waals surface area contributed by atoms with Gasteiger partial charge in [0.2, 0.25) is 5.75 Å². The van der Waals surface area contributed by atoms with Crippen molar-refractivity contribution in [1.29, 1.82) is 0 Å². The van der Waals surface area contributed by atoms with Gasteiger partial charge in [0.15, 0.2) is 0 Å². The predicted octanol–water partition coefficient (Wildman–Crippen LogP) is 2.74. The van der Waals surface area contributed by atoms with Crippen LogP contribution in [0.5, 0.6) is 11.5 Å². The first-order valence-electron chi connectivity index (χ1n) is 7.07. The van der Waals surface area contributed by atoms with Gasteiger partial charge in [0.25, 0.3) is 11.6 Å². The van der Waals surface area contributed by atoms with Crippen LogP contribution in [0.4, 0.5) is 11.4 Å². The van der Waals surface area contributed by atoms with Crippen molar-refractivity contribution >= 4 is 39.4 Å². The number of hydrogen-bond acceptors (Lipinski definition) is 8. The summed E-state index contributed by atoms with van der Waals surface area (Å²) < 4.78 is 5.31. The highest BCUT2D eigenvalue weighted by molar-refractivity contribution is 9.10. The number of carbonyl (C=O) groups excluding carboxylic acids is 1. The van der Waals surface area contributed by atoms with Gasteiger partial charge < -0.3 is 9.84 Å². The number of nitrogens with zero attached hydrogens (tertiary/aromatic N) is 3. The fourth-order valence-corrected chi connectivity index (χ4v) is 2.51. The summed E-state index contributed by atoms with van der Waals surface area (Å²) >= 11 is 3.07. The Bertz CT molecular complexity index is 961. The third kappa shape index (κ3) is 4.55. The highest BCUT2D eigenvalue weighted by Crippen LogP contribution is 2.32. The smallest absolute Gasteiger partial charge is 0.312 e. The number of carbonyl (C=O) groups is 1. The molecule has 0 fully saturated rings. The van der Waals surface area contributed by atoms with E-state index in [0.29, 0.717) is 4.47 Å². The lowest BCUT2D eigenvalue weighted by Gasteiger charge is -2.06. The topological polar surface area (TPSA) is 157 Å². The highest BCUT2D eigenvalue weighted by atomic mass is 79.9. The number of hydrazone groups is 1. The maximum Gasteiger partial charge on any atom is 0.312 e. The van der Waals surface area contributed by atoms with E-state index in [9.17, 15) is 30.1 Å². The van der Waals surface area contributed by atoms with Crippen molar-refractivity contribution in [2.24, 2.45) is 5.10 Å². The van der Waals surface area contributed by atoms with E-state index in [1.807, 2.05) is 0 Å². The Hall–Kier alpha value is -3.54. The molecule has 0 saturated heterocycles. The number of benzene rings is 2. The zero-order valence-electron chi connectivity index (χ0n) is 13.6. The van der Waals surface area contributed by atoms with Gasteiger partial charge in [-0.3, -0.25) is 25.0 Å². The van der Waals surface area contributed by atoms with E-state index >= 15 is 0 Å². The molecular formula is C15H11BrN4O7. The molecule has 2 rings (SSSR count). The number of phenolic OH excluding ortho intramolecular Hbond substituents is 1. The summed E-state index contributed by atoms with van der Waals surface area (Å²) in [7, 11) is 1.29. The molecule has 0 aliphatic carbocycles. The molecule has 11 nitrogen and oxygen atoms in total. The van der Waals surface area contributed by atoms with Gasteiger partial charge >= 0.3 is 5.69 Å². The Morgan fingerprint density at radius 1 is 1.26 bits per heavy atom. The minimum atomic E-state index is -0.809. The van der Waals surface area contributed by atoms with E-state index in [4.69, 9.17) is 4.74 Å². The quantitative estimate of drug-likeness (QED) is 0.398. The molecule has 27 heavy (non-hydrogen) atoms. The summed E-state index contributed by atoms with van der Waals surface area (Å²) in [4.78, 5) is 32.5. The van der Waals surface area contributed by atoms with Gasteiger partial charge in [0.1, 0.15) is 5.75 Å². The molecule has 0 heterocycles. The lowest BCUT2D eigenvalue weighted by molar-refractivity contribution is -0.386. The third-order valence-electron chi connectivity index (χ3n) is 3.29. The van der Waals surface area contributed by atoms with Crippen LogP contribution in [0.3, 0.4) is 0 Å². The summed E-state index contributed by atoms with van der Waals surface area (Å²) in [6.45, 7) is 0. The summed E-state index contributed by atoms with van der Waals surface area (Å²) in [5, 5.41) is 35.2. The van der Waals surface area contributed by atoms with Gasteiger partial charge in [-0.25, -0.2) is 5.43 Å². The molecule has 1 amide bonds. The number of aromatic hydroxyl groups is 1. The van der Waals surface area contributed by atoms with Crippen molar-refractivity contribution in [2.45, 2.75) is 0 Å². The molecule has 12 heteroatoms. The van der Waals surface area contributed by atoms with Crippen LogP contribution in [0, 0.1) is 20.2 Å². The van der Waals surface area contributed by atoms with Crippen LogP contribution >= 0.6 is 15.9 Å². The largest absolute Gasteiger partial charge is 0.502 e. The van der Waals surface area contributed by atoms with Gasteiger partial charge in [-0.2, -0.15) is 5.10 Å². The summed E-state index contributed by atoms with van der Waals surface area (Å²) in [6, 6.07) is 5.92. The Morgan fingerprint density at radius 3 is 2.56 bits per heavy atom. The van der Waals surface area contributed by atoms with Crippen molar-refractivity contribution in [3.8, 4) is 11.5 Å². The number of rotatable bonds is 6. The third-order valence-corrected chi connectivity index (χ3v) is 3.75. The lowest BCUT2D eigenvalue weighted by Crippen LogP contribution is -2.18. The van der Waals surface area contributed by atoms with Crippen LogP contribution in [-0.2, 0) is 0 Å². The molecule has 0 radical (unpaired) electrons. The van der Waals surface area contributed by atoms with E-state index in [2.05, 4.69) is 26.5 Å². The predicted molar refractivity (Wildman–Crippen MR) is 97.2 cm³/mol. The molecular weight excluding hydrogens is 428 g/mol. The molecule has 0 bridgehead atoms. The molecule has 0 spiro atoms. The minimum absolute atomic E-state index is 0.0256. The first-order chi connectivity index (χ1) is 12.7. The molecule has 0 atom stereocenters. The average Bonchev–Trinajstić information content (AvgIpc) is 2.63. The van der Waals surface area contributed by atoms with Crippen LogP contribution in [0.15, 0.2) is 39.9 Å². The fraction of sp³-hybridized carbons (Fsp3) is 0.0667. The maximum atomic E-state index is 12.2. The van der Waals surface area contributed by atoms with Crippen molar-refractivity contribution in [1.82, 2.24) is 5.43 Å². The first kappa shape index (κ1) is 19.8. The fourth-order valence-electron chi connectivity index (χ4n) is 2.05. The van der Waals surface area contributed by atoms with E-state index in [1.165, 1.54) is 25.3 Å². The van der Waals surface area contributed by atoms with Crippen LogP contribution in [0.2, 0.25) is 0 Å². The number of hydrogen-bond donors (Lipinski definition) is 2. The second-order valence-electron chi connectivity index (χ2n) is 4.96. The average molecular weight is 439 g/mol. The van der Waals surface area contributed by atoms with Gasteiger partial charge in [0, 0.05) is 28.2 Å². The van der Waals surface area contributed by atoms with Gasteiger partial charge in [-0.05, 0) is 12.1 Å². The second kappa shape index (κ2) is 8.23. The van der Waals surface area contributed by atoms with Crippen LogP contribution in [-0.4, -0.2) is 34.2 Å². The molecule has 0 aliphatic heterocycles. The van der Waals surface area contributed by atoms with Crippen LogP contribution in [0.1, 0.15) is 15.9 Å². The number of nitrogens with one attached hydrogen (secondary N) is 1. The number of amides is 1. The number of phenols is 1. The van der Waals surface area contributed by atoms with Crippen molar-refractivity contribution < 1.29 is 24.5 Å². The van der Waals surface area contributed by atoms with Gasteiger partial charge in [-0.15, -0.1) is 0 Å². The van der Waals surface area contributed by atoms with E-state index < -0.39 is 27.2 Å². The van der Waals surface area contributed by atoms with Crippen LogP contribution in [0.25, 0.3) is 0 Å². The molecule has 0 saturated carbocycles. The SMILES string of the molecule is COc1ccc([N+](=O)[O-])cc1C(=O)N/N=C\c1cc(Br)cc([N+](=O)[O-])c1O. The Morgan fingerprint density at radius 2 is 1.96 bits per heavy atom. The molecule has 0 unspecified atom stereocenters. The number of halogens is 1. The zero-order valence-corrected chi connectivity index (χ0v) is 15.2. The number of methoxy groups -OCH3 is 1. The molecule has 0 aromatic heterocycles. The van der Waals surface area contributed by atoms with Crippen molar-refractivity contribution in [3.05, 3.63) is 66.2 Å². The first-order valence-corrected chi connectivity index (χ1v) is 7.86. The van der Waals surface area contributed by atoms with E-state index in [0.717, 1.165) is 18.3 Å². The van der Waals surface area contributed by atoms with E-state index in [1.54, 1.807) is 0 Å². The number of nitro benzene ring substituents is 2. The lowest BCUT2D eigenvalue weighted by atomic mass is 10.1. The normalized spacial score (nSPS) is 10.6. The summed E-state index contributed by atoms with van der Waals surface area (Å²) in [6.07, 6.45) is 0.995. The van der Waals surface area contributed by atoms with Gasteiger partial charge in [0.05, 0.1) is 28.7 Å². The highest BCUT2D eigenvalue weighted by Gasteiger charge is 2.19. The molecule has 140 valence electrons.